The molecule has 146 valence electrons. The Morgan fingerprint density at radius 3 is 2.79 bits per heavy atom. The lowest BCUT2D eigenvalue weighted by Gasteiger charge is -2.29. The third kappa shape index (κ3) is 3.92. The number of benzene rings is 1. The van der Waals surface area contributed by atoms with Crippen LogP contribution in [-0.4, -0.2) is 37.3 Å². The van der Waals surface area contributed by atoms with Crippen LogP contribution >= 0.6 is 0 Å². The van der Waals surface area contributed by atoms with E-state index in [4.69, 9.17) is 0 Å². The van der Waals surface area contributed by atoms with Crippen molar-refractivity contribution < 1.29 is 13.3 Å². The molecule has 0 radical (unpaired) electrons. The van der Waals surface area contributed by atoms with E-state index in [-0.39, 0.29) is 0 Å². The van der Waals surface area contributed by atoms with Crippen molar-refractivity contribution in [1.29, 1.82) is 0 Å². The highest BCUT2D eigenvalue weighted by Gasteiger charge is 2.33. The number of hydrogen-bond acceptors (Lipinski definition) is 6. The Labute approximate surface area is 163 Å². The van der Waals surface area contributed by atoms with Gasteiger partial charge >= 0.3 is 0 Å². The van der Waals surface area contributed by atoms with Crippen LogP contribution in [0.15, 0.2) is 59.2 Å². The van der Waals surface area contributed by atoms with Gasteiger partial charge in [0.25, 0.3) is 0 Å². The summed E-state index contributed by atoms with van der Waals surface area (Å²) in [7, 11) is -3.34. The minimum atomic E-state index is -3.34. The van der Waals surface area contributed by atoms with Crippen LogP contribution in [-0.2, 0) is 10.0 Å². The van der Waals surface area contributed by atoms with Crippen molar-refractivity contribution in [2.75, 3.05) is 27.7 Å². The number of nitrogens with zero attached hydrogens (tertiary/aromatic N) is 3. The summed E-state index contributed by atoms with van der Waals surface area (Å²) in [5.41, 5.74) is 3.29. The van der Waals surface area contributed by atoms with Crippen LogP contribution in [0.5, 0.6) is 0 Å². The number of quaternary nitrogens is 1. The molecule has 0 saturated carbocycles. The molecule has 1 aromatic carbocycles. The van der Waals surface area contributed by atoms with E-state index >= 15 is 0 Å². The van der Waals surface area contributed by atoms with Crippen LogP contribution in [0, 0.1) is 6.92 Å². The smallest absolute Gasteiger partial charge is 0.232 e. The third-order valence-corrected chi connectivity index (χ3v) is 4.93. The second kappa shape index (κ2) is 6.80. The Kier molecular flexibility index (Phi) is 4.44. The standard InChI is InChI=1S/C18H21N7O2S/c1-12-7-16(22-21-12)20-18-11-24(10-17-19-13(2)9-25(17)18)15-6-4-5-14(8-15)23-28(3,26)27/h4-9,11,23H,10H2,1-3H3,(H2,20,21,22)/p+1. The van der Waals surface area contributed by atoms with Gasteiger partial charge in [-0.2, -0.15) is 10.1 Å². The minimum Gasteiger partial charge on any atom is -0.329 e. The fourth-order valence-corrected chi connectivity index (χ4v) is 3.79. The molecule has 0 fully saturated rings. The van der Waals surface area contributed by atoms with E-state index in [2.05, 4.69) is 25.2 Å². The molecule has 0 bridgehead atoms. The van der Waals surface area contributed by atoms with E-state index in [9.17, 15) is 8.42 Å². The zero-order valence-corrected chi connectivity index (χ0v) is 16.6. The first-order valence-electron chi connectivity index (χ1n) is 8.76. The zero-order chi connectivity index (χ0) is 19.9. The van der Waals surface area contributed by atoms with Crippen LogP contribution < -0.4 is 19.8 Å². The number of anilines is 3. The molecule has 1 unspecified atom stereocenters. The predicted octanol–water partition coefficient (Wildman–Crippen LogP) is 0.979. The molecule has 2 aliphatic rings. The van der Waals surface area contributed by atoms with Crippen LogP contribution in [0.2, 0.25) is 0 Å². The van der Waals surface area contributed by atoms with Gasteiger partial charge in [-0.05, 0) is 32.0 Å². The number of aryl methyl sites for hydroxylation is 1. The number of aromatic amines is 1. The van der Waals surface area contributed by atoms with Crippen molar-refractivity contribution in [3.63, 3.8) is 0 Å². The number of amidine groups is 1. The molecule has 2 aliphatic heterocycles. The summed E-state index contributed by atoms with van der Waals surface area (Å²) in [4.78, 5) is 7.72. The highest BCUT2D eigenvalue weighted by molar-refractivity contribution is 7.92. The number of aliphatic imine (C=N–C) groups is 1. The zero-order valence-electron chi connectivity index (χ0n) is 15.8. The Balaban J connectivity index is 1.67. The highest BCUT2D eigenvalue weighted by Crippen LogP contribution is 2.23. The van der Waals surface area contributed by atoms with Gasteiger partial charge in [-0.1, -0.05) is 6.07 Å². The second-order valence-electron chi connectivity index (χ2n) is 6.91. The topological polar surface area (TPSA) is 107 Å². The number of sulfonamides is 1. The van der Waals surface area contributed by atoms with E-state index in [1.165, 1.54) is 0 Å². The van der Waals surface area contributed by atoms with Gasteiger partial charge in [0.05, 0.1) is 23.8 Å². The quantitative estimate of drug-likeness (QED) is 0.599. The monoisotopic (exact) mass is 400 g/mol. The molecule has 3 heterocycles. The summed E-state index contributed by atoms with van der Waals surface area (Å²) in [5.74, 6) is 2.56. The average molecular weight is 400 g/mol. The van der Waals surface area contributed by atoms with Gasteiger partial charge in [-0.25, -0.2) is 13.3 Å². The van der Waals surface area contributed by atoms with Crippen molar-refractivity contribution in [2.45, 2.75) is 13.8 Å². The van der Waals surface area contributed by atoms with Crippen molar-refractivity contribution in [1.82, 2.24) is 10.2 Å². The van der Waals surface area contributed by atoms with Gasteiger partial charge in [0, 0.05) is 17.4 Å². The molecule has 0 spiro atoms. The minimum absolute atomic E-state index is 0.517. The maximum Gasteiger partial charge on any atom is 0.232 e. The van der Waals surface area contributed by atoms with E-state index in [1.807, 2.05) is 49.3 Å². The number of hydrogen-bond donors (Lipinski definition) is 4. The van der Waals surface area contributed by atoms with E-state index in [0.29, 0.717) is 12.2 Å². The lowest BCUT2D eigenvalue weighted by Crippen LogP contribution is -3.10. The molecule has 28 heavy (non-hydrogen) atoms. The number of allylic oxidation sites excluding steroid dienone is 1. The lowest BCUT2D eigenvalue weighted by molar-refractivity contribution is -0.698. The average Bonchev–Trinajstić information content (AvgIpc) is 3.18. The number of aromatic nitrogens is 2. The molecule has 1 aromatic heterocycles. The lowest BCUT2D eigenvalue weighted by atomic mass is 10.2. The van der Waals surface area contributed by atoms with Crippen LogP contribution in [0.25, 0.3) is 0 Å². The first kappa shape index (κ1) is 18.3. The Bertz CT molecular complexity index is 1110. The molecule has 10 heteroatoms. The van der Waals surface area contributed by atoms with E-state index in [0.717, 1.165) is 45.7 Å². The number of nitrogens with one attached hydrogen (secondary N) is 4. The van der Waals surface area contributed by atoms with Crippen molar-refractivity contribution in [3.05, 3.63) is 59.9 Å². The van der Waals surface area contributed by atoms with Crippen molar-refractivity contribution >= 4 is 33.1 Å². The molecule has 1 atom stereocenters. The first-order chi connectivity index (χ1) is 13.3. The van der Waals surface area contributed by atoms with E-state index < -0.39 is 10.0 Å². The number of rotatable bonds is 5. The maximum absolute atomic E-state index is 11.5. The normalized spacial score (nSPS) is 18.9. The molecule has 0 aliphatic carbocycles. The van der Waals surface area contributed by atoms with Gasteiger partial charge < -0.3 is 4.90 Å². The Morgan fingerprint density at radius 2 is 2.07 bits per heavy atom. The second-order valence-corrected chi connectivity index (χ2v) is 8.66. The summed E-state index contributed by atoms with van der Waals surface area (Å²) in [5, 5.41) is 10.5. The summed E-state index contributed by atoms with van der Waals surface area (Å²) in [6, 6.07) is 9.20. The molecule has 0 saturated heterocycles. The first-order valence-corrected chi connectivity index (χ1v) is 10.6. The number of H-pyrrole nitrogens is 1. The van der Waals surface area contributed by atoms with Crippen LogP contribution in [0.1, 0.15) is 12.6 Å². The Morgan fingerprint density at radius 1 is 1.25 bits per heavy atom. The summed E-state index contributed by atoms with van der Waals surface area (Å²) < 4.78 is 25.6. The fourth-order valence-electron chi connectivity index (χ4n) is 3.23. The highest BCUT2D eigenvalue weighted by atomic mass is 32.2. The SMILES string of the molecule is CC1=C[NH+]2C(Nc3cc(C)[nH]n3)=CN(c3cccc(NS(C)(=O)=O)c3)CC2=N1. The summed E-state index contributed by atoms with van der Waals surface area (Å²) in [6.45, 7) is 4.51. The van der Waals surface area contributed by atoms with Gasteiger partial charge in [0.1, 0.15) is 12.7 Å². The largest absolute Gasteiger partial charge is 0.329 e. The molecule has 4 N–H and O–H groups in total. The van der Waals surface area contributed by atoms with Gasteiger partial charge in [-0.3, -0.25) is 15.1 Å². The fraction of sp³-hybridized carbons (Fsp3) is 0.222. The van der Waals surface area contributed by atoms with E-state index in [1.54, 1.807) is 12.1 Å². The summed E-state index contributed by atoms with van der Waals surface area (Å²) >= 11 is 0. The van der Waals surface area contributed by atoms with Crippen molar-refractivity contribution in [3.8, 4) is 0 Å². The molecule has 4 rings (SSSR count). The summed E-state index contributed by atoms with van der Waals surface area (Å²) in [6.07, 6.45) is 5.18. The van der Waals surface area contributed by atoms with Crippen LogP contribution in [0.4, 0.5) is 17.2 Å². The number of fused-ring (bicyclic) bond motifs is 1. The Hall–Kier alpha value is -3.11. The molecular formula is C18H22N7O2S+. The predicted molar refractivity (Wildman–Crippen MR) is 109 cm³/mol. The third-order valence-electron chi connectivity index (χ3n) is 4.32. The van der Waals surface area contributed by atoms with Gasteiger partial charge in [-0.15, -0.1) is 0 Å². The maximum atomic E-state index is 11.5. The molecular weight excluding hydrogens is 378 g/mol. The molecule has 2 aromatic rings. The van der Waals surface area contributed by atoms with Gasteiger partial charge in [0.15, 0.2) is 5.82 Å². The molecule has 0 amide bonds. The van der Waals surface area contributed by atoms with Crippen molar-refractivity contribution in [2.24, 2.45) is 4.99 Å². The van der Waals surface area contributed by atoms with Gasteiger partial charge in [0.2, 0.25) is 21.7 Å². The molecule has 9 nitrogen and oxygen atoms in total. The van der Waals surface area contributed by atoms with Crippen LogP contribution in [0.3, 0.4) is 0 Å².